The summed E-state index contributed by atoms with van der Waals surface area (Å²) in [6.45, 7) is 3.52. The SMILES string of the molecule is CCCN1CCN(Cc2cc(C(=O)NN)no2)C(=O)C1=O. The molecule has 0 spiro atoms. The van der Waals surface area contributed by atoms with Gasteiger partial charge in [-0.15, -0.1) is 0 Å². The van der Waals surface area contributed by atoms with Crippen LogP contribution in [-0.2, 0) is 16.1 Å². The lowest BCUT2D eigenvalue weighted by Gasteiger charge is -2.32. The summed E-state index contributed by atoms with van der Waals surface area (Å²) in [6.07, 6.45) is 0.804. The average Bonchev–Trinajstić information content (AvgIpc) is 2.95. The highest BCUT2D eigenvalue weighted by Crippen LogP contribution is 2.12. The van der Waals surface area contributed by atoms with Gasteiger partial charge in [-0.1, -0.05) is 12.1 Å². The number of piperazine rings is 1. The van der Waals surface area contributed by atoms with Crippen molar-refractivity contribution in [3.8, 4) is 0 Å². The third kappa shape index (κ3) is 3.19. The zero-order valence-electron chi connectivity index (χ0n) is 11.7. The molecule has 0 bridgehead atoms. The summed E-state index contributed by atoms with van der Waals surface area (Å²) in [4.78, 5) is 38.0. The normalized spacial score (nSPS) is 15.5. The van der Waals surface area contributed by atoms with Gasteiger partial charge in [-0.25, -0.2) is 5.84 Å². The van der Waals surface area contributed by atoms with E-state index in [1.807, 2.05) is 12.3 Å². The predicted octanol–water partition coefficient (Wildman–Crippen LogP) is -1.14. The van der Waals surface area contributed by atoms with Crippen molar-refractivity contribution >= 4 is 17.7 Å². The van der Waals surface area contributed by atoms with Crippen LogP contribution in [0.25, 0.3) is 0 Å². The zero-order chi connectivity index (χ0) is 15.4. The average molecular weight is 295 g/mol. The fourth-order valence-corrected chi connectivity index (χ4v) is 2.11. The minimum atomic E-state index is -0.583. The summed E-state index contributed by atoms with van der Waals surface area (Å²) >= 11 is 0. The monoisotopic (exact) mass is 295 g/mol. The fourth-order valence-electron chi connectivity index (χ4n) is 2.11. The van der Waals surface area contributed by atoms with Crippen molar-refractivity contribution in [3.63, 3.8) is 0 Å². The Balaban J connectivity index is 2.01. The summed E-state index contributed by atoms with van der Waals surface area (Å²) in [7, 11) is 0. The molecule has 0 radical (unpaired) electrons. The van der Waals surface area contributed by atoms with E-state index in [2.05, 4.69) is 5.16 Å². The van der Waals surface area contributed by atoms with Crippen LogP contribution in [-0.4, -0.2) is 52.3 Å². The molecular formula is C12H17N5O4. The molecule has 1 aromatic rings. The van der Waals surface area contributed by atoms with Crippen molar-refractivity contribution in [2.75, 3.05) is 19.6 Å². The smallest absolute Gasteiger partial charge is 0.312 e. The first-order valence-corrected chi connectivity index (χ1v) is 6.61. The molecule has 0 aromatic carbocycles. The Morgan fingerprint density at radius 1 is 1.38 bits per heavy atom. The van der Waals surface area contributed by atoms with Crippen molar-refractivity contribution in [2.24, 2.45) is 5.84 Å². The van der Waals surface area contributed by atoms with Crippen LogP contribution in [0.1, 0.15) is 29.6 Å². The van der Waals surface area contributed by atoms with Gasteiger partial charge in [0.15, 0.2) is 11.5 Å². The maximum absolute atomic E-state index is 12.0. The fraction of sp³-hybridized carbons (Fsp3) is 0.500. The van der Waals surface area contributed by atoms with E-state index in [0.717, 1.165) is 6.42 Å². The van der Waals surface area contributed by atoms with E-state index >= 15 is 0 Å². The van der Waals surface area contributed by atoms with Crippen LogP contribution in [0.2, 0.25) is 0 Å². The summed E-state index contributed by atoms with van der Waals surface area (Å²) in [5.74, 6) is 3.64. The predicted molar refractivity (Wildman–Crippen MR) is 70.4 cm³/mol. The quantitative estimate of drug-likeness (QED) is 0.306. The Morgan fingerprint density at radius 3 is 2.71 bits per heavy atom. The molecule has 3 N–H and O–H groups in total. The summed E-state index contributed by atoms with van der Waals surface area (Å²) in [5, 5.41) is 3.54. The number of nitrogens with two attached hydrogens (primary N) is 1. The Kier molecular flexibility index (Phi) is 4.53. The van der Waals surface area contributed by atoms with Crippen LogP contribution < -0.4 is 11.3 Å². The van der Waals surface area contributed by atoms with Gasteiger partial charge < -0.3 is 14.3 Å². The van der Waals surface area contributed by atoms with Crippen LogP contribution in [0.4, 0.5) is 0 Å². The molecule has 0 atom stereocenters. The minimum absolute atomic E-state index is 0.0240. The summed E-state index contributed by atoms with van der Waals surface area (Å²) < 4.78 is 4.96. The standard InChI is InChI=1S/C12H17N5O4/c1-2-3-16-4-5-17(12(20)11(16)19)7-8-6-9(15-21-8)10(18)14-13/h6H,2-5,7,13H2,1H3,(H,14,18). The second-order valence-corrected chi connectivity index (χ2v) is 4.67. The van der Waals surface area contributed by atoms with E-state index in [9.17, 15) is 14.4 Å². The highest BCUT2D eigenvalue weighted by Gasteiger charge is 2.32. The van der Waals surface area contributed by atoms with Gasteiger partial charge in [0.1, 0.15) is 0 Å². The molecule has 1 aliphatic rings. The number of hydrogen-bond donors (Lipinski definition) is 2. The molecule has 1 fully saturated rings. The van der Waals surface area contributed by atoms with E-state index < -0.39 is 17.7 Å². The van der Waals surface area contributed by atoms with Crippen LogP contribution in [0.3, 0.4) is 0 Å². The molecule has 2 heterocycles. The van der Waals surface area contributed by atoms with Gasteiger partial charge in [0, 0.05) is 25.7 Å². The molecule has 1 aliphatic heterocycles. The van der Waals surface area contributed by atoms with E-state index in [4.69, 9.17) is 10.4 Å². The molecule has 21 heavy (non-hydrogen) atoms. The first-order valence-electron chi connectivity index (χ1n) is 6.61. The van der Waals surface area contributed by atoms with Crippen LogP contribution in [0, 0.1) is 0 Å². The zero-order valence-corrected chi connectivity index (χ0v) is 11.7. The third-order valence-corrected chi connectivity index (χ3v) is 3.16. The lowest BCUT2D eigenvalue weighted by molar-refractivity contribution is -0.156. The molecule has 2 rings (SSSR count). The number of nitrogen functional groups attached to an aromatic ring is 1. The van der Waals surface area contributed by atoms with E-state index in [1.165, 1.54) is 15.9 Å². The van der Waals surface area contributed by atoms with Gasteiger partial charge in [0.05, 0.1) is 6.54 Å². The number of carbonyl (C=O) groups excluding carboxylic acids is 3. The Labute approximate surface area is 121 Å². The van der Waals surface area contributed by atoms with Gasteiger partial charge in [-0.3, -0.25) is 19.8 Å². The Hall–Kier alpha value is -2.42. The number of rotatable bonds is 5. The Bertz CT molecular complexity index is 556. The van der Waals surface area contributed by atoms with Gasteiger partial charge in [0.25, 0.3) is 5.91 Å². The largest absolute Gasteiger partial charge is 0.359 e. The lowest BCUT2D eigenvalue weighted by Crippen LogP contribution is -2.53. The number of aromatic nitrogens is 1. The molecule has 0 aliphatic carbocycles. The van der Waals surface area contributed by atoms with Crippen molar-refractivity contribution in [2.45, 2.75) is 19.9 Å². The van der Waals surface area contributed by atoms with Crippen LogP contribution in [0.5, 0.6) is 0 Å². The van der Waals surface area contributed by atoms with Crippen molar-refractivity contribution in [1.82, 2.24) is 20.4 Å². The Morgan fingerprint density at radius 2 is 2.05 bits per heavy atom. The number of carbonyl (C=O) groups is 3. The lowest BCUT2D eigenvalue weighted by atomic mass is 10.2. The van der Waals surface area contributed by atoms with E-state index in [-0.39, 0.29) is 12.2 Å². The first kappa shape index (κ1) is 15.0. The number of amides is 3. The van der Waals surface area contributed by atoms with Gasteiger partial charge in [0.2, 0.25) is 0 Å². The molecule has 0 saturated carbocycles. The van der Waals surface area contributed by atoms with E-state index in [0.29, 0.717) is 25.4 Å². The first-order chi connectivity index (χ1) is 10.1. The molecule has 0 unspecified atom stereocenters. The van der Waals surface area contributed by atoms with Crippen LogP contribution >= 0.6 is 0 Å². The number of hydrogen-bond acceptors (Lipinski definition) is 6. The third-order valence-electron chi connectivity index (χ3n) is 3.16. The number of nitrogens with one attached hydrogen (secondary N) is 1. The highest BCUT2D eigenvalue weighted by molar-refractivity contribution is 6.35. The molecule has 3 amide bonds. The second-order valence-electron chi connectivity index (χ2n) is 4.67. The van der Waals surface area contributed by atoms with Gasteiger partial charge in [-0.05, 0) is 6.42 Å². The number of hydrazine groups is 1. The van der Waals surface area contributed by atoms with Crippen molar-refractivity contribution in [3.05, 3.63) is 17.5 Å². The van der Waals surface area contributed by atoms with Crippen molar-refractivity contribution < 1.29 is 18.9 Å². The highest BCUT2D eigenvalue weighted by atomic mass is 16.5. The van der Waals surface area contributed by atoms with Crippen molar-refractivity contribution in [1.29, 1.82) is 0 Å². The number of nitrogens with zero attached hydrogens (tertiary/aromatic N) is 3. The van der Waals surface area contributed by atoms with Gasteiger partial charge >= 0.3 is 11.8 Å². The maximum atomic E-state index is 12.0. The van der Waals surface area contributed by atoms with Crippen LogP contribution in [0.15, 0.2) is 10.6 Å². The molecule has 1 saturated heterocycles. The molecule has 9 heteroatoms. The van der Waals surface area contributed by atoms with Gasteiger partial charge in [-0.2, -0.15) is 0 Å². The minimum Gasteiger partial charge on any atom is -0.359 e. The molecule has 9 nitrogen and oxygen atoms in total. The van der Waals surface area contributed by atoms with E-state index in [1.54, 1.807) is 0 Å². The summed E-state index contributed by atoms with van der Waals surface area (Å²) in [5.41, 5.74) is 1.96. The molecule has 1 aromatic heterocycles. The second kappa shape index (κ2) is 6.35. The topological polar surface area (TPSA) is 122 Å². The molecule has 114 valence electrons. The maximum Gasteiger partial charge on any atom is 0.312 e. The molecular weight excluding hydrogens is 278 g/mol. The summed E-state index contributed by atoms with van der Waals surface area (Å²) in [6, 6.07) is 1.39.